The highest BCUT2D eigenvalue weighted by molar-refractivity contribution is 6.31. The van der Waals surface area contributed by atoms with Gasteiger partial charge in [-0.05, 0) is 54.2 Å². The highest BCUT2D eigenvalue weighted by Gasteiger charge is 2.39. The molecule has 2 aromatic carbocycles. The minimum Gasteiger partial charge on any atom is -0.368 e. The minimum absolute atomic E-state index is 0.0110. The van der Waals surface area contributed by atoms with Gasteiger partial charge in [0.05, 0.1) is 5.56 Å². The number of halogens is 4. The molecule has 5 rings (SSSR count). The molecule has 2 fully saturated rings. The number of nitrogens with zero attached hydrogens (tertiary/aromatic N) is 2. The number of amides is 5. The Balaban J connectivity index is 1.54. The highest BCUT2D eigenvalue weighted by atomic mass is 35.5. The minimum atomic E-state index is -4.58. The number of fused-ring (bicyclic) bond motifs is 1. The van der Waals surface area contributed by atoms with Gasteiger partial charge in [0, 0.05) is 55.5 Å². The van der Waals surface area contributed by atoms with Gasteiger partial charge in [-0.25, -0.2) is 0 Å². The molecule has 1 aromatic heterocycles. The summed E-state index contributed by atoms with van der Waals surface area (Å²) >= 11 is 6.17. The van der Waals surface area contributed by atoms with Crippen molar-refractivity contribution in [1.29, 1.82) is 0 Å². The van der Waals surface area contributed by atoms with Crippen LogP contribution in [0, 0.1) is 5.92 Å². The van der Waals surface area contributed by atoms with Crippen LogP contribution in [0.4, 0.5) is 13.2 Å². The number of aromatic amines is 1. The molecule has 0 unspecified atom stereocenters. The Labute approximate surface area is 292 Å². The second-order valence-corrected chi connectivity index (χ2v) is 13.6. The van der Waals surface area contributed by atoms with Crippen LogP contribution in [0.15, 0.2) is 48.7 Å². The van der Waals surface area contributed by atoms with Gasteiger partial charge in [0.2, 0.25) is 29.5 Å². The van der Waals surface area contributed by atoms with E-state index >= 15 is 0 Å². The maximum atomic E-state index is 14.4. The van der Waals surface area contributed by atoms with Gasteiger partial charge in [-0.2, -0.15) is 13.2 Å². The third-order valence-electron chi connectivity index (χ3n) is 9.85. The van der Waals surface area contributed by atoms with Crippen LogP contribution < -0.4 is 16.4 Å². The largest absolute Gasteiger partial charge is 0.416 e. The van der Waals surface area contributed by atoms with Gasteiger partial charge in [0.25, 0.3) is 0 Å². The first-order valence-electron chi connectivity index (χ1n) is 16.5. The van der Waals surface area contributed by atoms with Gasteiger partial charge in [-0.1, -0.05) is 49.1 Å². The van der Waals surface area contributed by atoms with E-state index < -0.39 is 65.4 Å². The van der Waals surface area contributed by atoms with E-state index in [9.17, 15) is 37.1 Å². The Morgan fingerprint density at radius 3 is 2.22 bits per heavy atom. The van der Waals surface area contributed by atoms with E-state index in [0.717, 1.165) is 41.7 Å². The van der Waals surface area contributed by atoms with Crippen LogP contribution in [0.5, 0.6) is 0 Å². The van der Waals surface area contributed by atoms with Crippen LogP contribution in [0.1, 0.15) is 55.2 Å². The van der Waals surface area contributed by atoms with Gasteiger partial charge in [0.1, 0.15) is 24.2 Å². The third kappa shape index (κ3) is 8.40. The van der Waals surface area contributed by atoms with Crippen molar-refractivity contribution < 1.29 is 37.1 Å². The van der Waals surface area contributed by atoms with E-state index in [-0.39, 0.29) is 31.6 Å². The molecule has 0 bridgehead atoms. The molecule has 268 valence electrons. The summed E-state index contributed by atoms with van der Waals surface area (Å²) in [4.78, 5) is 73.8. The number of nitrogens with one attached hydrogen (secondary N) is 3. The zero-order chi connectivity index (χ0) is 36.3. The van der Waals surface area contributed by atoms with E-state index in [4.69, 9.17) is 17.3 Å². The summed E-state index contributed by atoms with van der Waals surface area (Å²) < 4.78 is 39.8. The standard InChI is InChI=1S/C35H40ClF3N6O5/c1-44-28(14-19-4-3-5-19)32(48)43-27(16-21-18-41-26-17-23(36)10-11-24(21)26)34(50)45(2)29(15-20-6-8-22(9-7-20)35(37,38)39)33(49)42-25(31(40)47)12-13-30(44)46/h6-11,17-19,25,27-29,41H,3-5,12-16H2,1-2H3,(H2,40,47)(H,42,49)(H,43,48)/t25-,27-,28-,29-/m0/s1. The lowest BCUT2D eigenvalue weighted by Gasteiger charge is -2.36. The normalized spacial score (nSPS) is 23.3. The van der Waals surface area contributed by atoms with Gasteiger partial charge in [0.15, 0.2) is 0 Å². The SMILES string of the molecule is CN1C(=O)CC[C@@H](C(N)=O)NC(=O)[C@H](Cc2ccc(C(F)(F)F)cc2)N(C)C(=O)[C@H](Cc2c[nH]c3cc(Cl)ccc23)NC(=O)[C@@H]1CC1CCC1. The van der Waals surface area contributed by atoms with E-state index in [0.29, 0.717) is 28.1 Å². The van der Waals surface area contributed by atoms with Crippen LogP contribution in [-0.2, 0) is 43.0 Å². The molecule has 1 aliphatic heterocycles. The molecular weight excluding hydrogens is 677 g/mol. The lowest BCUT2D eigenvalue weighted by Crippen LogP contribution is -2.60. The number of carbonyl (C=O) groups is 5. The fraction of sp³-hybridized carbons (Fsp3) is 0.457. The third-order valence-corrected chi connectivity index (χ3v) is 10.1. The Bertz CT molecular complexity index is 1760. The van der Waals surface area contributed by atoms with E-state index in [1.54, 1.807) is 24.4 Å². The van der Waals surface area contributed by atoms with Gasteiger partial charge >= 0.3 is 6.18 Å². The number of likely N-dealkylation sites (N-methyl/N-ethyl adjacent to an activating group) is 2. The molecule has 5 N–H and O–H groups in total. The molecule has 0 radical (unpaired) electrons. The smallest absolute Gasteiger partial charge is 0.368 e. The maximum absolute atomic E-state index is 14.4. The summed E-state index contributed by atoms with van der Waals surface area (Å²) in [5.74, 6) is -3.17. The van der Waals surface area contributed by atoms with Gasteiger partial charge in [-0.15, -0.1) is 0 Å². The van der Waals surface area contributed by atoms with Crippen molar-refractivity contribution in [2.75, 3.05) is 14.1 Å². The molecule has 11 nitrogen and oxygen atoms in total. The van der Waals surface area contributed by atoms with Crippen molar-refractivity contribution in [2.45, 2.75) is 81.7 Å². The van der Waals surface area contributed by atoms with Gasteiger partial charge < -0.3 is 31.2 Å². The molecular formula is C35H40ClF3N6O5. The first-order chi connectivity index (χ1) is 23.6. The molecule has 50 heavy (non-hydrogen) atoms. The number of rotatable bonds is 7. The van der Waals surface area contributed by atoms with Crippen molar-refractivity contribution >= 4 is 52.0 Å². The molecule has 2 aliphatic rings. The van der Waals surface area contributed by atoms with E-state index in [1.165, 1.54) is 31.1 Å². The number of benzene rings is 2. The van der Waals surface area contributed by atoms with Crippen LogP contribution in [0.25, 0.3) is 10.9 Å². The monoisotopic (exact) mass is 716 g/mol. The van der Waals surface area contributed by atoms with Crippen LogP contribution >= 0.6 is 11.6 Å². The summed E-state index contributed by atoms with van der Waals surface area (Å²) in [6.45, 7) is 0. The zero-order valence-electron chi connectivity index (χ0n) is 27.7. The molecule has 15 heteroatoms. The second-order valence-electron chi connectivity index (χ2n) is 13.2. The number of hydrogen-bond donors (Lipinski definition) is 4. The van der Waals surface area contributed by atoms with E-state index in [1.807, 2.05) is 0 Å². The summed E-state index contributed by atoms with van der Waals surface area (Å²) in [6, 6.07) is 4.58. The highest BCUT2D eigenvalue weighted by Crippen LogP contribution is 2.32. The first kappa shape index (κ1) is 36.7. The number of hydrogen-bond acceptors (Lipinski definition) is 5. The maximum Gasteiger partial charge on any atom is 0.416 e. The topological polar surface area (TPSA) is 158 Å². The lowest BCUT2D eigenvalue weighted by atomic mass is 9.80. The average Bonchev–Trinajstić information content (AvgIpc) is 3.43. The molecule has 5 amide bonds. The summed E-state index contributed by atoms with van der Waals surface area (Å²) in [6.07, 6.45) is -0.319. The molecule has 1 saturated heterocycles. The van der Waals surface area contributed by atoms with Gasteiger partial charge in [-0.3, -0.25) is 24.0 Å². The van der Waals surface area contributed by atoms with Crippen LogP contribution in [0.3, 0.4) is 0 Å². The number of carbonyl (C=O) groups excluding carboxylic acids is 5. The molecule has 3 aromatic rings. The molecule has 0 spiro atoms. The Kier molecular flexibility index (Phi) is 11.1. The van der Waals surface area contributed by atoms with Crippen molar-refractivity contribution in [1.82, 2.24) is 25.4 Å². The average molecular weight is 717 g/mol. The van der Waals surface area contributed by atoms with Crippen LogP contribution in [-0.4, -0.2) is 82.6 Å². The van der Waals surface area contributed by atoms with Crippen molar-refractivity contribution in [2.24, 2.45) is 11.7 Å². The quantitative estimate of drug-likeness (QED) is 0.293. The van der Waals surface area contributed by atoms with E-state index in [2.05, 4.69) is 15.6 Å². The lowest BCUT2D eigenvalue weighted by molar-refractivity contribution is -0.145. The number of aromatic nitrogens is 1. The predicted octanol–water partition coefficient (Wildman–Crippen LogP) is 3.72. The summed E-state index contributed by atoms with van der Waals surface area (Å²) in [5, 5.41) is 6.68. The molecule has 4 atom stereocenters. The fourth-order valence-corrected chi connectivity index (χ4v) is 6.70. The Hall–Kier alpha value is -4.59. The van der Waals surface area contributed by atoms with Crippen molar-refractivity contribution in [3.8, 4) is 0 Å². The molecule has 1 aliphatic carbocycles. The second kappa shape index (κ2) is 15.1. The number of nitrogens with two attached hydrogens (primary N) is 1. The number of primary amides is 1. The van der Waals surface area contributed by atoms with Crippen LogP contribution in [0.2, 0.25) is 5.02 Å². The summed E-state index contributed by atoms with van der Waals surface area (Å²) in [5.41, 5.74) is 6.41. The Morgan fingerprint density at radius 1 is 0.920 bits per heavy atom. The molecule has 2 heterocycles. The predicted molar refractivity (Wildman–Crippen MR) is 180 cm³/mol. The fourth-order valence-electron chi connectivity index (χ4n) is 6.53. The summed E-state index contributed by atoms with van der Waals surface area (Å²) in [7, 11) is 2.86. The first-order valence-corrected chi connectivity index (χ1v) is 16.8. The Morgan fingerprint density at radius 2 is 1.60 bits per heavy atom. The zero-order valence-corrected chi connectivity index (χ0v) is 28.4. The number of alkyl halides is 3. The number of H-pyrrole nitrogens is 1. The molecule has 1 saturated carbocycles. The van der Waals surface area contributed by atoms with Crippen molar-refractivity contribution in [3.05, 3.63) is 70.4 Å². The van der Waals surface area contributed by atoms with Crippen molar-refractivity contribution in [3.63, 3.8) is 0 Å².